The van der Waals surface area contributed by atoms with Gasteiger partial charge in [0.05, 0.1) is 22.2 Å². The van der Waals surface area contributed by atoms with Crippen molar-refractivity contribution in [2.24, 2.45) is 0 Å². The van der Waals surface area contributed by atoms with Crippen molar-refractivity contribution < 1.29 is 14.7 Å². The summed E-state index contributed by atoms with van der Waals surface area (Å²) < 4.78 is 0. The molecule has 2 rings (SSSR count). The third-order valence-electron chi connectivity index (χ3n) is 3.44. The minimum atomic E-state index is -1.02. The number of benzene rings is 2. The molecule has 0 heterocycles. The van der Waals surface area contributed by atoms with Crippen molar-refractivity contribution in [3.63, 3.8) is 0 Å². The van der Waals surface area contributed by atoms with Crippen LogP contribution in [0.1, 0.15) is 28.8 Å². The molecule has 4 nitrogen and oxygen atoms in total. The normalized spacial score (nSPS) is 10.8. The van der Waals surface area contributed by atoms with Gasteiger partial charge in [0.25, 0.3) is 0 Å². The molecule has 130 valence electrons. The number of anilines is 1. The van der Waals surface area contributed by atoms with Gasteiger partial charge >= 0.3 is 5.97 Å². The van der Waals surface area contributed by atoms with Crippen LogP contribution in [0.15, 0.2) is 48.5 Å². The highest BCUT2D eigenvalue weighted by Crippen LogP contribution is 2.32. The summed E-state index contributed by atoms with van der Waals surface area (Å²) in [5.41, 5.74) is 1.93. The predicted molar refractivity (Wildman–Crippen MR) is 102 cm³/mol. The first-order valence-electron chi connectivity index (χ1n) is 7.67. The Morgan fingerprint density at radius 3 is 2.28 bits per heavy atom. The summed E-state index contributed by atoms with van der Waals surface area (Å²) in [5, 5.41) is 12.4. The van der Waals surface area contributed by atoms with Gasteiger partial charge in [-0.3, -0.25) is 9.59 Å². The molecule has 0 aliphatic heterocycles. The van der Waals surface area contributed by atoms with E-state index >= 15 is 0 Å². The Morgan fingerprint density at radius 2 is 1.68 bits per heavy atom. The molecule has 0 saturated carbocycles. The van der Waals surface area contributed by atoms with Crippen LogP contribution in [0.5, 0.6) is 0 Å². The molecule has 0 atom stereocenters. The Morgan fingerprint density at radius 1 is 1.04 bits per heavy atom. The molecule has 0 fully saturated rings. The Labute approximate surface area is 156 Å². The summed E-state index contributed by atoms with van der Waals surface area (Å²) >= 11 is 12.4. The average Bonchev–Trinajstić information content (AvgIpc) is 2.59. The summed E-state index contributed by atoms with van der Waals surface area (Å²) in [7, 11) is 0. The number of ketones is 1. The monoisotopic (exact) mass is 377 g/mol. The highest BCUT2D eigenvalue weighted by Gasteiger charge is 2.13. The topological polar surface area (TPSA) is 66.4 Å². The van der Waals surface area contributed by atoms with Crippen LogP contribution in [0.25, 0.3) is 6.08 Å². The van der Waals surface area contributed by atoms with Crippen molar-refractivity contribution in [2.45, 2.75) is 12.8 Å². The lowest BCUT2D eigenvalue weighted by molar-refractivity contribution is -0.136. The van der Waals surface area contributed by atoms with Crippen LogP contribution in [0.2, 0.25) is 10.0 Å². The fourth-order valence-electron chi connectivity index (χ4n) is 2.19. The number of hydrogen-bond donors (Lipinski definition) is 2. The number of nitrogens with one attached hydrogen (secondary N) is 1. The quantitative estimate of drug-likeness (QED) is 0.623. The van der Waals surface area contributed by atoms with Crippen molar-refractivity contribution in [2.75, 3.05) is 11.9 Å². The Balaban J connectivity index is 2.01. The summed E-state index contributed by atoms with van der Waals surface area (Å²) in [4.78, 5) is 22.5. The van der Waals surface area contributed by atoms with Crippen LogP contribution >= 0.6 is 23.2 Å². The van der Waals surface area contributed by atoms with Crippen LogP contribution in [0.3, 0.4) is 0 Å². The maximum atomic E-state index is 12.0. The molecule has 2 aromatic carbocycles. The molecule has 0 bridgehead atoms. The van der Waals surface area contributed by atoms with Crippen LogP contribution in [-0.2, 0) is 4.79 Å². The number of carbonyl (C=O) groups is 2. The number of carboxylic acids is 1. The van der Waals surface area contributed by atoms with Gasteiger partial charge in [-0.2, -0.15) is 0 Å². The van der Waals surface area contributed by atoms with Crippen LogP contribution in [0, 0.1) is 0 Å². The molecular weight excluding hydrogens is 361 g/mol. The van der Waals surface area contributed by atoms with E-state index in [1.54, 1.807) is 0 Å². The van der Waals surface area contributed by atoms with Crippen LogP contribution < -0.4 is 5.32 Å². The number of aliphatic carboxylic acids is 1. The smallest absolute Gasteiger partial charge is 0.303 e. The zero-order valence-electron chi connectivity index (χ0n) is 13.3. The van der Waals surface area contributed by atoms with E-state index in [0.717, 1.165) is 5.56 Å². The van der Waals surface area contributed by atoms with Crippen molar-refractivity contribution in [1.29, 1.82) is 0 Å². The van der Waals surface area contributed by atoms with Gasteiger partial charge in [-0.15, -0.1) is 0 Å². The second kappa shape index (κ2) is 9.25. The van der Waals surface area contributed by atoms with E-state index in [1.165, 1.54) is 12.1 Å². The van der Waals surface area contributed by atoms with Crippen molar-refractivity contribution in [3.8, 4) is 0 Å². The predicted octanol–water partition coefficient (Wildman–Crippen LogP) is 5.17. The lowest BCUT2D eigenvalue weighted by Crippen LogP contribution is -2.05. The second-order valence-electron chi connectivity index (χ2n) is 5.33. The largest absolute Gasteiger partial charge is 0.481 e. The number of carboxylic acid groups (broad SMARTS) is 1. The van der Waals surface area contributed by atoms with Gasteiger partial charge in [-0.25, -0.2) is 0 Å². The van der Waals surface area contributed by atoms with Gasteiger partial charge in [-0.05, 0) is 17.7 Å². The second-order valence-corrected chi connectivity index (χ2v) is 6.14. The molecular formula is C19H17Cl2NO3. The first kappa shape index (κ1) is 19.0. The van der Waals surface area contributed by atoms with Crippen molar-refractivity contribution >= 4 is 46.7 Å². The van der Waals surface area contributed by atoms with Gasteiger partial charge in [-0.1, -0.05) is 65.7 Å². The molecule has 2 N–H and O–H groups in total. The molecule has 0 radical (unpaired) electrons. The van der Waals surface area contributed by atoms with Crippen LogP contribution in [-0.4, -0.2) is 23.4 Å². The molecule has 0 amide bonds. The van der Waals surface area contributed by atoms with E-state index in [1.807, 2.05) is 42.5 Å². The van der Waals surface area contributed by atoms with Gasteiger partial charge < -0.3 is 10.4 Å². The third-order valence-corrected chi connectivity index (χ3v) is 4.03. The zero-order valence-corrected chi connectivity index (χ0v) is 14.8. The lowest BCUT2D eigenvalue weighted by Gasteiger charge is -2.10. The number of carbonyl (C=O) groups excluding carboxylic acids is 1. The van der Waals surface area contributed by atoms with Gasteiger partial charge in [0.15, 0.2) is 5.78 Å². The third kappa shape index (κ3) is 5.93. The van der Waals surface area contributed by atoms with E-state index in [0.29, 0.717) is 27.8 Å². The Kier molecular flexibility index (Phi) is 7.04. The first-order chi connectivity index (χ1) is 12.0. The maximum Gasteiger partial charge on any atom is 0.303 e. The van der Waals surface area contributed by atoms with E-state index in [2.05, 4.69) is 5.32 Å². The summed E-state index contributed by atoms with van der Waals surface area (Å²) in [6.07, 6.45) is 3.60. The minimum Gasteiger partial charge on any atom is -0.481 e. The van der Waals surface area contributed by atoms with E-state index < -0.39 is 5.97 Å². The fraction of sp³-hybridized carbons (Fsp3) is 0.158. The molecule has 2 aromatic rings. The van der Waals surface area contributed by atoms with E-state index in [4.69, 9.17) is 28.3 Å². The number of rotatable bonds is 8. The summed E-state index contributed by atoms with van der Waals surface area (Å²) in [6.45, 7) is 0.515. The highest BCUT2D eigenvalue weighted by atomic mass is 35.5. The number of Topliss-reactive ketones (excluding diaryl/α,β-unsaturated/α-hetero) is 1. The summed E-state index contributed by atoms with van der Waals surface area (Å²) in [5.74, 6) is -1.32. The molecule has 0 unspecified atom stereocenters. The minimum absolute atomic E-state index is 0.0887. The number of halogens is 2. The number of hydrogen-bond acceptors (Lipinski definition) is 3. The fourth-order valence-corrected chi connectivity index (χ4v) is 2.81. The molecule has 6 heteroatoms. The average molecular weight is 378 g/mol. The molecule has 0 aliphatic rings. The van der Waals surface area contributed by atoms with E-state index in [9.17, 15) is 9.59 Å². The standard InChI is InChI=1S/C19H17Cl2NO3/c20-15-11-14(17(23)8-9-18(24)25)12-16(21)19(15)22-10-4-7-13-5-2-1-3-6-13/h1-7,11-12,22H,8-10H2,(H,24,25). The molecule has 0 aromatic heterocycles. The summed E-state index contributed by atoms with van der Waals surface area (Å²) in [6, 6.07) is 12.9. The SMILES string of the molecule is O=C(O)CCC(=O)c1cc(Cl)c(NCC=Cc2ccccc2)c(Cl)c1. The Hall–Kier alpha value is -2.30. The van der Waals surface area contributed by atoms with Gasteiger partial charge in [0.2, 0.25) is 0 Å². The maximum absolute atomic E-state index is 12.0. The highest BCUT2D eigenvalue weighted by molar-refractivity contribution is 6.39. The molecule has 0 aliphatic carbocycles. The first-order valence-corrected chi connectivity index (χ1v) is 8.42. The molecule has 0 spiro atoms. The molecule has 0 saturated heterocycles. The Bertz CT molecular complexity index is 766. The zero-order chi connectivity index (χ0) is 18.2. The van der Waals surface area contributed by atoms with Gasteiger partial charge in [0.1, 0.15) is 0 Å². The van der Waals surface area contributed by atoms with Crippen molar-refractivity contribution in [1.82, 2.24) is 0 Å². The molecule has 25 heavy (non-hydrogen) atoms. The van der Waals surface area contributed by atoms with Crippen LogP contribution in [0.4, 0.5) is 5.69 Å². The van der Waals surface area contributed by atoms with E-state index in [-0.39, 0.29) is 18.6 Å². The lowest BCUT2D eigenvalue weighted by atomic mass is 10.1. The van der Waals surface area contributed by atoms with Gasteiger partial charge in [0, 0.05) is 18.5 Å². The van der Waals surface area contributed by atoms with Crippen molar-refractivity contribution in [3.05, 3.63) is 69.7 Å².